The van der Waals surface area contributed by atoms with Gasteiger partial charge in [-0.05, 0) is 18.9 Å². The smallest absolute Gasteiger partial charge is 0.257 e. The highest BCUT2D eigenvalue weighted by Crippen LogP contribution is 2.19. The van der Waals surface area contributed by atoms with Gasteiger partial charge < -0.3 is 9.80 Å². The Bertz CT molecular complexity index is 778. The van der Waals surface area contributed by atoms with Crippen molar-refractivity contribution in [3.8, 4) is 0 Å². The van der Waals surface area contributed by atoms with E-state index in [1.54, 1.807) is 18.0 Å². The summed E-state index contributed by atoms with van der Waals surface area (Å²) < 4.78 is 0. The zero-order valence-electron chi connectivity index (χ0n) is 15.3. The van der Waals surface area contributed by atoms with Gasteiger partial charge in [0.2, 0.25) is 5.91 Å². The molecule has 1 aromatic carbocycles. The van der Waals surface area contributed by atoms with Gasteiger partial charge in [0.1, 0.15) is 6.33 Å². The van der Waals surface area contributed by atoms with Crippen molar-refractivity contribution in [3.05, 3.63) is 59.7 Å². The average Bonchev–Trinajstić information content (AvgIpc) is 2.82. The molecular formula is C20H24N4O2. The molecule has 0 aliphatic carbocycles. The standard InChI is InChI=1S/C20H24N4O2/c1-3-17-13-23(20(26)18-11-21-14-22-15(18)2)10-9-19(25)24(17)12-16-7-5-4-6-8-16/h4-8,11,14,17H,3,9-10,12-13H2,1-2H3. The van der Waals surface area contributed by atoms with Crippen molar-refractivity contribution < 1.29 is 9.59 Å². The first kappa shape index (κ1) is 18.0. The largest absolute Gasteiger partial charge is 0.336 e. The lowest BCUT2D eigenvalue weighted by molar-refractivity contribution is -0.133. The second-order valence-electron chi connectivity index (χ2n) is 6.59. The molecule has 1 saturated heterocycles. The summed E-state index contributed by atoms with van der Waals surface area (Å²) in [6.45, 7) is 5.39. The molecule has 0 bridgehead atoms. The van der Waals surface area contributed by atoms with Crippen LogP contribution in [0.4, 0.5) is 0 Å². The van der Waals surface area contributed by atoms with E-state index in [1.165, 1.54) is 6.33 Å². The Kier molecular flexibility index (Phi) is 5.61. The van der Waals surface area contributed by atoms with Crippen molar-refractivity contribution in [2.45, 2.75) is 39.3 Å². The summed E-state index contributed by atoms with van der Waals surface area (Å²) in [6, 6.07) is 9.98. The fourth-order valence-corrected chi connectivity index (χ4v) is 3.32. The van der Waals surface area contributed by atoms with Gasteiger partial charge in [0.15, 0.2) is 0 Å². The van der Waals surface area contributed by atoms with Crippen LogP contribution in [0, 0.1) is 6.92 Å². The quantitative estimate of drug-likeness (QED) is 0.848. The molecule has 1 fully saturated rings. The Morgan fingerprint density at radius 2 is 2.04 bits per heavy atom. The molecule has 1 aliphatic heterocycles. The fourth-order valence-electron chi connectivity index (χ4n) is 3.32. The van der Waals surface area contributed by atoms with Gasteiger partial charge in [0.05, 0.1) is 11.3 Å². The first-order chi connectivity index (χ1) is 12.6. The number of carbonyl (C=O) groups is 2. The van der Waals surface area contributed by atoms with Crippen LogP contribution in [0.1, 0.15) is 41.4 Å². The Morgan fingerprint density at radius 1 is 1.27 bits per heavy atom. The van der Waals surface area contributed by atoms with Crippen molar-refractivity contribution in [2.24, 2.45) is 0 Å². The summed E-state index contributed by atoms with van der Waals surface area (Å²) in [7, 11) is 0. The maximum Gasteiger partial charge on any atom is 0.257 e. The van der Waals surface area contributed by atoms with Gasteiger partial charge in [0, 0.05) is 38.3 Å². The van der Waals surface area contributed by atoms with Gasteiger partial charge in [-0.3, -0.25) is 9.59 Å². The van der Waals surface area contributed by atoms with Gasteiger partial charge in [-0.25, -0.2) is 9.97 Å². The molecule has 1 atom stereocenters. The summed E-state index contributed by atoms with van der Waals surface area (Å²) >= 11 is 0. The van der Waals surface area contributed by atoms with Crippen LogP contribution >= 0.6 is 0 Å². The average molecular weight is 352 g/mol. The molecule has 2 aromatic rings. The molecule has 6 heteroatoms. The molecule has 0 spiro atoms. The molecular weight excluding hydrogens is 328 g/mol. The number of aryl methyl sites for hydroxylation is 1. The normalized spacial score (nSPS) is 17.9. The topological polar surface area (TPSA) is 66.4 Å². The fraction of sp³-hybridized carbons (Fsp3) is 0.400. The summed E-state index contributed by atoms with van der Waals surface area (Å²) in [4.78, 5) is 37.4. The number of carbonyl (C=O) groups excluding carboxylic acids is 2. The maximum atomic E-state index is 12.9. The second-order valence-corrected chi connectivity index (χ2v) is 6.59. The highest BCUT2D eigenvalue weighted by molar-refractivity contribution is 5.95. The molecule has 1 aliphatic rings. The van der Waals surface area contributed by atoms with E-state index in [2.05, 4.69) is 16.9 Å². The third-order valence-corrected chi connectivity index (χ3v) is 4.88. The number of nitrogens with zero attached hydrogens (tertiary/aromatic N) is 4. The molecule has 6 nitrogen and oxygen atoms in total. The predicted molar refractivity (Wildman–Crippen MR) is 98.4 cm³/mol. The lowest BCUT2D eigenvalue weighted by atomic mass is 10.1. The molecule has 1 aromatic heterocycles. The van der Waals surface area contributed by atoms with Crippen LogP contribution in [0.2, 0.25) is 0 Å². The van der Waals surface area contributed by atoms with Crippen LogP contribution in [0.3, 0.4) is 0 Å². The van der Waals surface area contributed by atoms with Crippen molar-refractivity contribution >= 4 is 11.8 Å². The molecule has 0 saturated carbocycles. The van der Waals surface area contributed by atoms with Crippen molar-refractivity contribution in [2.75, 3.05) is 13.1 Å². The summed E-state index contributed by atoms with van der Waals surface area (Å²) in [5.74, 6) is -0.00653. The van der Waals surface area contributed by atoms with Gasteiger partial charge in [-0.2, -0.15) is 0 Å². The van der Waals surface area contributed by atoms with Crippen LogP contribution in [0.25, 0.3) is 0 Å². The predicted octanol–water partition coefficient (Wildman–Crippen LogP) is 2.44. The second kappa shape index (κ2) is 8.08. The van der Waals surface area contributed by atoms with Gasteiger partial charge in [0.25, 0.3) is 5.91 Å². The summed E-state index contributed by atoms with van der Waals surface area (Å²) in [5, 5.41) is 0. The van der Waals surface area contributed by atoms with Crippen LogP contribution in [0.5, 0.6) is 0 Å². The first-order valence-electron chi connectivity index (χ1n) is 8.99. The molecule has 26 heavy (non-hydrogen) atoms. The number of hydrogen-bond acceptors (Lipinski definition) is 4. The Hall–Kier alpha value is -2.76. The number of rotatable bonds is 4. The molecule has 2 amide bonds. The molecule has 136 valence electrons. The molecule has 3 rings (SSSR count). The Morgan fingerprint density at radius 3 is 2.73 bits per heavy atom. The first-order valence-corrected chi connectivity index (χ1v) is 8.99. The van der Waals surface area contributed by atoms with Crippen LogP contribution in [-0.4, -0.2) is 50.7 Å². The number of hydrogen-bond donors (Lipinski definition) is 0. The Labute approximate surface area is 153 Å². The SMILES string of the molecule is CCC1CN(C(=O)c2cncnc2C)CCC(=O)N1Cc1ccccc1. The third-order valence-electron chi connectivity index (χ3n) is 4.88. The lowest BCUT2D eigenvalue weighted by Gasteiger charge is -2.31. The minimum absolute atomic E-state index is 0.000840. The number of amides is 2. The third kappa shape index (κ3) is 3.90. The van der Waals surface area contributed by atoms with E-state index in [0.29, 0.717) is 37.3 Å². The highest BCUT2D eigenvalue weighted by Gasteiger charge is 2.31. The van der Waals surface area contributed by atoms with Crippen molar-refractivity contribution in [1.82, 2.24) is 19.8 Å². The van der Waals surface area contributed by atoms with Gasteiger partial charge >= 0.3 is 0 Å². The number of aromatic nitrogens is 2. The molecule has 2 heterocycles. The van der Waals surface area contributed by atoms with E-state index in [-0.39, 0.29) is 17.9 Å². The summed E-state index contributed by atoms with van der Waals surface area (Å²) in [6.07, 6.45) is 4.13. The highest BCUT2D eigenvalue weighted by atomic mass is 16.2. The van der Waals surface area contributed by atoms with E-state index in [0.717, 1.165) is 12.0 Å². The zero-order chi connectivity index (χ0) is 18.5. The van der Waals surface area contributed by atoms with E-state index in [1.807, 2.05) is 35.2 Å². The summed E-state index contributed by atoms with van der Waals surface area (Å²) in [5.41, 5.74) is 2.27. The zero-order valence-corrected chi connectivity index (χ0v) is 15.3. The van der Waals surface area contributed by atoms with Crippen molar-refractivity contribution in [1.29, 1.82) is 0 Å². The Balaban J connectivity index is 1.80. The van der Waals surface area contributed by atoms with E-state index < -0.39 is 0 Å². The van der Waals surface area contributed by atoms with Crippen molar-refractivity contribution in [3.63, 3.8) is 0 Å². The molecule has 0 radical (unpaired) electrons. The minimum atomic E-state index is -0.101. The van der Waals surface area contributed by atoms with E-state index in [9.17, 15) is 9.59 Å². The van der Waals surface area contributed by atoms with E-state index >= 15 is 0 Å². The van der Waals surface area contributed by atoms with Crippen LogP contribution in [0.15, 0.2) is 42.9 Å². The van der Waals surface area contributed by atoms with Gasteiger partial charge in [-0.1, -0.05) is 37.3 Å². The van der Waals surface area contributed by atoms with Crippen LogP contribution in [-0.2, 0) is 11.3 Å². The number of benzene rings is 1. The maximum absolute atomic E-state index is 12.9. The van der Waals surface area contributed by atoms with Crippen LogP contribution < -0.4 is 0 Å². The minimum Gasteiger partial charge on any atom is -0.336 e. The lowest BCUT2D eigenvalue weighted by Crippen LogP contribution is -2.44. The monoisotopic (exact) mass is 352 g/mol. The molecule has 0 N–H and O–H groups in total. The molecule has 1 unspecified atom stereocenters. The van der Waals surface area contributed by atoms with Gasteiger partial charge in [-0.15, -0.1) is 0 Å². The van der Waals surface area contributed by atoms with E-state index in [4.69, 9.17) is 0 Å².